The third-order valence-corrected chi connectivity index (χ3v) is 3.02. The van der Waals surface area contributed by atoms with E-state index in [1.54, 1.807) is 25.4 Å². The van der Waals surface area contributed by atoms with Crippen molar-refractivity contribution >= 4 is 12.2 Å². The van der Waals surface area contributed by atoms with Gasteiger partial charge in [-0.1, -0.05) is 17.3 Å². The number of aromatic amines is 1. The topological polar surface area (TPSA) is 81.0 Å². The number of ether oxygens (including phenoxy) is 1. The Bertz CT molecular complexity index is 827. The lowest BCUT2D eigenvalue weighted by Crippen LogP contribution is -2.01. The van der Waals surface area contributed by atoms with Gasteiger partial charge in [-0.25, -0.2) is 0 Å². The van der Waals surface area contributed by atoms with Crippen molar-refractivity contribution in [3.8, 4) is 17.1 Å². The highest BCUT2D eigenvalue weighted by Gasteiger charge is 2.06. The van der Waals surface area contributed by atoms with Crippen LogP contribution in [0.2, 0.25) is 0 Å². The minimum atomic E-state index is -0.174. The second-order valence-electron chi connectivity index (χ2n) is 4.50. The summed E-state index contributed by atoms with van der Waals surface area (Å²) in [6.07, 6.45) is 5.14. The van der Waals surface area contributed by atoms with Crippen LogP contribution in [0.4, 0.5) is 0 Å². The summed E-state index contributed by atoms with van der Waals surface area (Å²) in [5, 5.41) is 3.88. The van der Waals surface area contributed by atoms with Crippen molar-refractivity contribution in [2.75, 3.05) is 7.11 Å². The maximum absolute atomic E-state index is 11.0. The molecule has 3 rings (SSSR count). The first-order valence-electron chi connectivity index (χ1n) is 6.59. The Morgan fingerprint density at radius 1 is 1.14 bits per heavy atom. The van der Waals surface area contributed by atoms with Gasteiger partial charge < -0.3 is 14.2 Å². The van der Waals surface area contributed by atoms with Crippen LogP contribution in [0.5, 0.6) is 5.75 Å². The van der Waals surface area contributed by atoms with Crippen molar-refractivity contribution in [1.82, 2.24) is 15.1 Å². The van der Waals surface area contributed by atoms with E-state index in [1.807, 2.05) is 30.3 Å². The van der Waals surface area contributed by atoms with Gasteiger partial charge in [-0.15, -0.1) is 0 Å². The molecule has 1 aromatic carbocycles. The molecule has 0 unspecified atom stereocenters. The number of methoxy groups -OCH3 is 1. The predicted molar refractivity (Wildman–Crippen MR) is 82.3 cm³/mol. The molecule has 0 aliphatic rings. The van der Waals surface area contributed by atoms with E-state index in [4.69, 9.17) is 9.26 Å². The number of benzene rings is 1. The van der Waals surface area contributed by atoms with Crippen LogP contribution < -0.4 is 10.3 Å². The lowest BCUT2D eigenvalue weighted by molar-refractivity contribution is 0.411. The molecule has 110 valence electrons. The van der Waals surface area contributed by atoms with E-state index >= 15 is 0 Å². The van der Waals surface area contributed by atoms with E-state index in [2.05, 4.69) is 15.1 Å². The zero-order chi connectivity index (χ0) is 15.4. The van der Waals surface area contributed by atoms with E-state index in [0.717, 1.165) is 11.3 Å². The summed E-state index contributed by atoms with van der Waals surface area (Å²) in [6.45, 7) is 0. The highest BCUT2D eigenvalue weighted by Crippen LogP contribution is 2.16. The number of nitrogens with one attached hydrogen (secondary N) is 1. The Balaban J connectivity index is 1.77. The Morgan fingerprint density at radius 2 is 1.95 bits per heavy atom. The lowest BCUT2D eigenvalue weighted by atomic mass is 10.2. The van der Waals surface area contributed by atoms with Gasteiger partial charge in [0.2, 0.25) is 11.4 Å². The van der Waals surface area contributed by atoms with Crippen LogP contribution in [0.15, 0.2) is 51.9 Å². The Hall–Kier alpha value is -3.15. The van der Waals surface area contributed by atoms with Crippen LogP contribution >= 0.6 is 0 Å². The van der Waals surface area contributed by atoms with Gasteiger partial charge >= 0.3 is 0 Å². The van der Waals surface area contributed by atoms with Gasteiger partial charge in [0.15, 0.2) is 0 Å². The summed E-state index contributed by atoms with van der Waals surface area (Å²) in [7, 11) is 1.63. The van der Waals surface area contributed by atoms with Crippen LogP contribution in [0.3, 0.4) is 0 Å². The number of H-pyrrole nitrogens is 1. The first kappa shape index (κ1) is 13.8. The molecule has 1 N–H and O–H groups in total. The third-order valence-electron chi connectivity index (χ3n) is 3.02. The molecular weight excluding hydrogens is 282 g/mol. The van der Waals surface area contributed by atoms with E-state index in [0.29, 0.717) is 17.3 Å². The summed E-state index contributed by atoms with van der Waals surface area (Å²) >= 11 is 0. The number of hydrogen-bond donors (Lipinski definition) is 1. The maximum Gasteiger partial charge on any atom is 0.250 e. The highest BCUT2D eigenvalue weighted by molar-refractivity contribution is 5.67. The fraction of sp³-hybridized carbons (Fsp3) is 0.0625. The molecule has 6 nitrogen and oxygen atoms in total. The smallest absolute Gasteiger partial charge is 0.250 e. The van der Waals surface area contributed by atoms with E-state index < -0.39 is 0 Å². The minimum Gasteiger partial charge on any atom is -0.497 e. The molecule has 0 aliphatic heterocycles. The van der Waals surface area contributed by atoms with Crippen LogP contribution in [0.1, 0.15) is 11.5 Å². The quantitative estimate of drug-likeness (QED) is 0.800. The average Bonchev–Trinajstić information content (AvgIpc) is 3.03. The molecule has 3 aromatic rings. The fourth-order valence-electron chi connectivity index (χ4n) is 1.85. The molecule has 0 saturated heterocycles. The molecule has 22 heavy (non-hydrogen) atoms. The first-order valence-corrected chi connectivity index (χ1v) is 6.59. The number of rotatable bonds is 4. The van der Waals surface area contributed by atoms with Gasteiger partial charge in [0.1, 0.15) is 5.75 Å². The normalized spacial score (nSPS) is 11.0. The zero-order valence-electron chi connectivity index (χ0n) is 11.8. The highest BCUT2D eigenvalue weighted by atomic mass is 16.5. The number of pyridine rings is 1. The molecule has 0 radical (unpaired) electrons. The van der Waals surface area contributed by atoms with E-state index in [1.165, 1.54) is 6.07 Å². The Labute approximate surface area is 126 Å². The molecule has 0 aliphatic carbocycles. The maximum atomic E-state index is 11.0. The molecule has 0 saturated carbocycles. The van der Waals surface area contributed by atoms with Crippen LogP contribution in [0.25, 0.3) is 23.5 Å². The summed E-state index contributed by atoms with van der Waals surface area (Å²) in [4.78, 5) is 17.8. The predicted octanol–water partition coefficient (Wildman–Crippen LogP) is 2.60. The fourth-order valence-corrected chi connectivity index (χ4v) is 1.85. The van der Waals surface area contributed by atoms with E-state index in [9.17, 15) is 4.79 Å². The van der Waals surface area contributed by atoms with E-state index in [-0.39, 0.29) is 5.56 Å². The van der Waals surface area contributed by atoms with Crippen LogP contribution in [-0.4, -0.2) is 22.2 Å². The summed E-state index contributed by atoms with van der Waals surface area (Å²) in [5.74, 6) is 1.61. The average molecular weight is 295 g/mol. The molecule has 0 amide bonds. The summed E-state index contributed by atoms with van der Waals surface area (Å²) in [5.41, 5.74) is 1.50. The van der Waals surface area contributed by atoms with Crippen molar-refractivity contribution < 1.29 is 9.26 Å². The van der Waals surface area contributed by atoms with Gasteiger partial charge in [-0.2, -0.15) is 4.98 Å². The van der Waals surface area contributed by atoms with Crippen molar-refractivity contribution in [2.24, 2.45) is 0 Å². The van der Waals surface area contributed by atoms with Gasteiger partial charge in [0.05, 0.1) is 7.11 Å². The molecule has 0 atom stereocenters. The van der Waals surface area contributed by atoms with Gasteiger partial charge in [0.25, 0.3) is 5.89 Å². The van der Waals surface area contributed by atoms with Crippen molar-refractivity contribution in [1.29, 1.82) is 0 Å². The van der Waals surface area contributed by atoms with Gasteiger partial charge in [-0.05, 0) is 29.8 Å². The molecular formula is C16H13N3O3. The zero-order valence-corrected chi connectivity index (χ0v) is 11.8. The SMILES string of the molecule is COc1ccc(/C=C/c2nc(-c3ccc(=O)[nH]c3)no2)cc1. The molecule has 0 fully saturated rings. The summed E-state index contributed by atoms with van der Waals surface area (Å²) < 4.78 is 10.3. The van der Waals surface area contributed by atoms with Gasteiger partial charge in [0, 0.05) is 23.9 Å². The molecule has 0 bridgehead atoms. The van der Waals surface area contributed by atoms with Gasteiger partial charge in [-0.3, -0.25) is 4.79 Å². The third kappa shape index (κ3) is 3.12. The summed E-state index contributed by atoms with van der Waals surface area (Å²) in [6, 6.07) is 10.7. The van der Waals surface area contributed by atoms with Crippen molar-refractivity contribution in [3.05, 3.63) is 64.4 Å². The largest absolute Gasteiger partial charge is 0.497 e. The van der Waals surface area contributed by atoms with Crippen LogP contribution in [0, 0.1) is 0 Å². The van der Waals surface area contributed by atoms with Crippen LogP contribution in [-0.2, 0) is 0 Å². The monoisotopic (exact) mass is 295 g/mol. The molecule has 6 heteroatoms. The lowest BCUT2D eigenvalue weighted by Gasteiger charge is -1.98. The molecule has 2 heterocycles. The Kier molecular flexibility index (Phi) is 3.82. The second-order valence-corrected chi connectivity index (χ2v) is 4.50. The standard InChI is InChI=1S/C16H13N3O3/c1-21-13-6-2-11(3-7-13)4-9-15-18-16(19-22-15)12-5-8-14(20)17-10-12/h2-10H,1H3,(H,17,20)/b9-4+. The first-order chi connectivity index (χ1) is 10.7. The number of nitrogens with zero attached hydrogens (tertiary/aromatic N) is 2. The number of aromatic nitrogens is 3. The minimum absolute atomic E-state index is 0.174. The van der Waals surface area contributed by atoms with Crippen molar-refractivity contribution in [2.45, 2.75) is 0 Å². The second kappa shape index (κ2) is 6.09. The Morgan fingerprint density at radius 3 is 2.64 bits per heavy atom. The van der Waals surface area contributed by atoms with Crippen molar-refractivity contribution in [3.63, 3.8) is 0 Å². The molecule has 2 aromatic heterocycles. The number of hydrogen-bond acceptors (Lipinski definition) is 5. The molecule has 0 spiro atoms.